The van der Waals surface area contributed by atoms with Crippen LogP contribution >= 0.6 is 22.7 Å². The third-order valence-electron chi connectivity index (χ3n) is 5.12. The number of nitrogens with one attached hydrogen (secondary N) is 1. The van der Waals surface area contributed by atoms with Crippen molar-refractivity contribution in [3.63, 3.8) is 0 Å². The summed E-state index contributed by atoms with van der Waals surface area (Å²) in [6, 6.07) is 10.6. The molecule has 0 bridgehead atoms. The number of aromatic nitrogens is 2. The van der Waals surface area contributed by atoms with Gasteiger partial charge in [0.1, 0.15) is 5.75 Å². The molecule has 160 valence electrons. The Labute approximate surface area is 186 Å². The van der Waals surface area contributed by atoms with Crippen LogP contribution in [0.2, 0.25) is 0 Å². The van der Waals surface area contributed by atoms with Crippen molar-refractivity contribution < 1.29 is 17.9 Å². The normalized spacial score (nSPS) is 14.7. The van der Waals surface area contributed by atoms with Crippen molar-refractivity contribution in [2.75, 3.05) is 36.7 Å². The first-order chi connectivity index (χ1) is 14.8. The molecule has 0 atom stereocenters. The number of anilines is 2. The van der Waals surface area contributed by atoms with Gasteiger partial charge in [0.25, 0.3) is 0 Å². The highest BCUT2D eigenvalue weighted by atomic mass is 32.2. The lowest BCUT2D eigenvalue weighted by Crippen LogP contribution is -2.52. The number of carbonyl (C=O) groups is 1. The number of hydrogen-bond acceptors (Lipinski definition) is 9. The van der Waals surface area contributed by atoms with E-state index in [1.807, 2.05) is 18.2 Å². The van der Waals surface area contributed by atoms with Crippen molar-refractivity contribution in [2.45, 2.75) is 4.90 Å². The number of thiazole rings is 2. The highest BCUT2D eigenvalue weighted by Crippen LogP contribution is 2.35. The van der Waals surface area contributed by atoms with E-state index in [-0.39, 0.29) is 16.7 Å². The lowest BCUT2D eigenvalue weighted by molar-refractivity contribution is -0.120. The van der Waals surface area contributed by atoms with Crippen LogP contribution in [0.3, 0.4) is 0 Å². The van der Waals surface area contributed by atoms with Gasteiger partial charge in [-0.15, -0.1) is 0 Å². The molecule has 31 heavy (non-hydrogen) atoms. The quantitative estimate of drug-likeness (QED) is 0.473. The minimum absolute atomic E-state index is 0.0959. The Morgan fingerprint density at radius 1 is 1.10 bits per heavy atom. The molecule has 2 aromatic carbocycles. The SMILES string of the molecule is COc1ccc2sc(N3CC(C(=O)Nc4nc5ccc(S(C)(=O)=O)cc5s4)C3)nc2c1. The summed E-state index contributed by atoms with van der Waals surface area (Å²) in [6.07, 6.45) is 1.17. The summed E-state index contributed by atoms with van der Waals surface area (Å²) in [5.41, 5.74) is 1.54. The number of benzene rings is 2. The van der Waals surface area contributed by atoms with Gasteiger partial charge in [-0.05, 0) is 30.3 Å². The maximum absolute atomic E-state index is 12.6. The third kappa shape index (κ3) is 3.84. The Hall–Kier alpha value is -2.76. The van der Waals surface area contributed by atoms with Crippen LogP contribution in [0.15, 0.2) is 41.3 Å². The van der Waals surface area contributed by atoms with E-state index >= 15 is 0 Å². The number of methoxy groups -OCH3 is 1. The van der Waals surface area contributed by atoms with Gasteiger partial charge in [0, 0.05) is 25.4 Å². The van der Waals surface area contributed by atoms with Crippen molar-refractivity contribution in [3.05, 3.63) is 36.4 Å². The molecule has 2 aromatic heterocycles. The van der Waals surface area contributed by atoms with Gasteiger partial charge >= 0.3 is 0 Å². The Morgan fingerprint density at radius 3 is 2.65 bits per heavy atom. The molecule has 5 rings (SSSR count). The summed E-state index contributed by atoms with van der Waals surface area (Å²) in [4.78, 5) is 24.0. The van der Waals surface area contributed by atoms with Crippen molar-refractivity contribution in [2.24, 2.45) is 5.92 Å². The standard InChI is InChI=1S/C20H18N4O4S3/c1-28-12-3-6-16-15(7-12)22-20(30-16)24-9-11(10-24)18(25)23-19-21-14-5-4-13(31(2,26)27)8-17(14)29-19/h3-8,11H,9-10H2,1-2H3,(H,21,23,25). The zero-order chi connectivity index (χ0) is 21.8. The number of amides is 1. The van der Waals surface area contributed by atoms with E-state index in [0.717, 1.165) is 25.8 Å². The molecule has 1 fully saturated rings. The molecule has 0 aliphatic carbocycles. The second-order valence-corrected chi connectivity index (χ2v) is 11.4. The van der Waals surface area contributed by atoms with Crippen LogP contribution in [0.5, 0.6) is 5.75 Å². The number of carbonyl (C=O) groups excluding carboxylic acids is 1. The Bertz CT molecular complexity index is 1420. The molecular formula is C20H18N4O4S3. The van der Waals surface area contributed by atoms with Crippen molar-refractivity contribution in [3.8, 4) is 5.75 Å². The summed E-state index contributed by atoms with van der Waals surface area (Å²) in [7, 11) is -1.66. The van der Waals surface area contributed by atoms with Crippen LogP contribution < -0.4 is 15.0 Å². The molecule has 0 unspecified atom stereocenters. The van der Waals surface area contributed by atoms with E-state index in [0.29, 0.717) is 23.7 Å². The van der Waals surface area contributed by atoms with E-state index in [4.69, 9.17) is 4.74 Å². The maximum Gasteiger partial charge on any atom is 0.232 e. The number of fused-ring (bicyclic) bond motifs is 2. The lowest BCUT2D eigenvalue weighted by atomic mass is 10.0. The Balaban J connectivity index is 1.25. The predicted octanol–water partition coefficient (Wildman–Crippen LogP) is 3.39. The molecule has 1 aliphatic heterocycles. The Morgan fingerprint density at radius 2 is 1.90 bits per heavy atom. The maximum atomic E-state index is 12.6. The molecule has 3 heterocycles. The molecule has 4 aromatic rings. The number of ether oxygens (including phenoxy) is 1. The third-order valence-corrected chi connectivity index (χ3v) is 8.27. The molecule has 8 nitrogen and oxygen atoms in total. The fourth-order valence-electron chi connectivity index (χ4n) is 3.35. The molecule has 1 saturated heterocycles. The second kappa shape index (κ2) is 7.43. The summed E-state index contributed by atoms with van der Waals surface area (Å²) < 4.78 is 30.5. The van der Waals surface area contributed by atoms with Crippen molar-refractivity contribution in [1.29, 1.82) is 0 Å². The average Bonchev–Trinajstić information content (AvgIpc) is 3.27. The van der Waals surface area contributed by atoms with Crippen molar-refractivity contribution in [1.82, 2.24) is 9.97 Å². The van der Waals surface area contributed by atoms with Crippen LogP contribution in [0, 0.1) is 5.92 Å². The van der Waals surface area contributed by atoms with E-state index < -0.39 is 9.84 Å². The van der Waals surface area contributed by atoms with Crippen LogP contribution in [-0.4, -0.2) is 50.7 Å². The first-order valence-electron chi connectivity index (χ1n) is 9.41. The topological polar surface area (TPSA) is 101 Å². The van der Waals surface area contributed by atoms with E-state index in [1.54, 1.807) is 30.6 Å². The van der Waals surface area contributed by atoms with Gasteiger partial charge in [-0.3, -0.25) is 4.79 Å². The molecule has 0 radical (unpaired) electrons. The summed E-state index contributed by atoms with van der Waals surface area (Å²) in [6.45, 7) is 1.18. The summed E-state index contributed by atoms with van der Waals surface area (Å²) in [5, 5.41) is 4.22. The minimum atomic E-state index is -3.29. The van der Waals surface area contributed by atoms with Gasteiger partial charge in [-0.1, -0.05) is 22.7 Å². The largest absolute Gasteiger partial charge is 0.497 e. The molecule has 0 spiro atoms. The predicted molar refractivity (Wildman–Crippen MR) is 123 cm³/mol. The molecule has 0 saturated carbocycles. The molecule has 1 N–H and O–H groups in total. The van der Waals surface area contributed by atoms with Gasteiger partial charge in [0.2, 0.25) is 5.91 Å². The zero-order valence-electron chi connectivity index (χ0n) is 16.7. The summed E-state index contributed by atoms with van der Waals surface area (Å²) in [5.74, 6) is 0.520. The van der Waals surface area contributed by atoms with Gasteiger partial charge < -0.3 is 15.0 Å². The van der Waals surface area contributed by atoms with Gasteiger partial charge in [0.05, 0.1) is 38.4 Å². The first-order valence-corrected chi connectivity index (χ1v) is 12.9. The van der Waals surface area contributed by atoms with Crippen LogP contribution in [0.25, 0.3) is 20.4 Å². The first kappa shape index (κ1) is 20.2. The minimum Gasteiger partial charge on any atom is -0.497 e. The lowest BCUT2D eigenvalue weighted by Gasteiger charge is -2.37. The van der Waals surface area contributed by atoms with Crippen molar-refractivity contribution >= 4 is 69.1 Å². The fourth-order valence-corrected chi connectivity index (χ4v) is 5.95. The monoisotopic (exact) mass is 474 g/mol. The molecule has 1 amide bonds. The fraction of sp³-hybridized carbons (Fsp3) is 0.250. The van der Waals surface area contributed by atoms with E-state index in [9.17, 15) is 13.2 Å². The molecule has 11 heteroatoms. The average molecular weight is 475 g/mol. The highest BCUT2D eigenvalue weighted by Gasteiger charge is 2.34. The molecule has 1 aliphatic rings. The van der Waals surface area contributed by atoms with Gasteiger partial charge in [-0.25, -0.2) is 18.4 Å². The van der Waals surface area contributed by atoms with Gasteiger partial charge in [0.15, 0.2) is 20.1 Å². The second-order valence-electron chi connectivity index (χ2n) is 7.34. The highest BCUT2D eigenvalue weighted by molar-refractivity contribution is 7.90. The van der Waals surface area contributed by atoms with Crippen LogP contribution in [0.1, 0.15) is 0 Å². The molecular weight excluding hydrogens is 456 g/mol. The van der Waals surface area contributed by atoms with Crippen LogP contribution in [0.4, 0.5) is 10.3 Å². The van der Waals surface area contributed by atoms with Gasteiger partial charge in [-0.2, -0.15) is 0 Å². The zero-order valence-corrected chi connectivity index (χ0v) is 19.1. The van der Waals surface area contributed by atoms with E-state index in [1.165, 1.54) is 23.7 Å². The number of nitrogens with zero attached hydrogens (tertiary/aromatic N) is 3. The smallest absolute Gasteiger partial charge is 0.232 e. The number of rotatable bonds is 5. The number of sulfone groups is 1. The van der Waals surface area contributed by atoms with E-state index in [2.05, 4.69) is 20.2 Å². The number of hydrogen-bond donors (Lipinski definition) is 1. The van der Waals surface area contributed by atoms with Crippen LogP contribution in [-0.2, 0) is 14.6 Å². The Kier molecular flexibility index (Phi) is 4.83. The summed E-state index contributed by atoms with van der Waals surface area (Å²) >= 11 is 2.86.